The Morgan fingerprint density at radius 1 is 1.19 bits per heavy atom. The number of nitrogens with zero attached hydrogens (tertiary/aromatic N) is 4. The van der Waals surface area contributed by atoms with Gasteiger partial charge in [0, 0.05) is 6.42 Å². The summed E-state index contributed by atoms with van der Waals surface area (Å²) in [5.74, 6) is -2.16. The molecular formula is C21H17N5O6. The van der Waals surface area contributed by atoms with Crippen molar-refractivity contribution >= 4 is 11.6 Å². The summed E-state index contributed by atoms with van der Waals surface area (Å²) in [5, 5.41) is 51.4. The number of hydrogen-bond donors (Lipinski definition) is 1. The smallest absolute Gasteiger partial charge is 0.279 e. The van der Waals surface area contributed by atoms with Crippen molar-refractivity contribution in [2.24, 2.45) is 22.7 Å². The molecule has 1 saturated carbocycles. The second kappa shape index (κ2) is 6.32. The Labute approximate surface area is 182 Å². The highest BCUT2D eigenvalue weighted by atomic mass is 16.7. The van der Waals surface area contributed by atoms with E-state index in [2.05, 4.69) is 6.07 Å². The molecule has 5 atom stereocenters. The van der Waals surface area contributed by atoms with Gasteiger partial charge in [-0.15, -0.1) is 0 Å². The average Bonchev–Trinajstić information content (AvgIpc) is 3.31. The minimum Gasteiger partial charge on any atom is -0.454 e. The fourth-order valence-corrected chi connectivity index (χ4v) is 5.62. The first-order valence-corrected chi connectivity index (χ1v) is 10.1. The van der Waals surface area contributed by atoms with Gasteiger partial charge < -0.3 is 18.9 Å². The Hall–Kier alpha value is -3.88. The second-order valence-electron chi connectivity index (χ2n) is 8.65. The van der Waals surface area contributed by atoms with Gasteiger partial charge in [0.05, 0.1) is 40.7 Å². The molecule has 5 rings (SSSR count). The largest absolute Gasteiger partial charge is 0.454 e. The highest BCUT2D eigenvalue weighted by Crippen LogP contribution is 2.70. The number of rotatable bonds is 2. The molecule has 4 aliphatic rings. The topological polar surface area (TPSA) is 175 Å². The maximum Gasteiger partial charge on any atom is 0.279 e. The van der Waals surface area contributed by atoms with E-state index in [-0.39, 0.29) is 29.8 Å². The van der Waals surface area contributed by atoms with Crippen molar-refractivity contribution in [1.29, 1.82) is 21.2 Å². The highest BCUT2D eigenvalue weighted by molar-refractivity contribution is 5.89. The fourth-order valence-electron chi connectivity index (χ4n) is 5.62. The lowest BCUT2D eigenvalue weighted by Crippen LogP contribution is -2.61. The minimum absolute atomic E-state index is 0.100. The monoisotopic (exact) mass is 435 g/mol. The van der Waals surface area contributed by atoms with Crippen molar-refractivity contribution in [3.8, 4) is 29.7 Å². The lowest BCUT2D eigenvalue weighted by molar-refractivity contribution is -0.387. The first kappa shape index (κ1) is 20.0. The van der Waals surface area contributed by atoms with Crippen molar-refractivity contribution in [3.63, 3.8) is 0 Å². The second-order valence-corrected chi connectivity index (χ2v) is 8.65. The number of nitro groups is 1. The summed E-state index contributed by atoms with van der Waals surface area (Å²) >= 11 is 0. The Morgan fingerprint density at radius 3 is 2.50 bits per heavy atom. The Bertz CT molecular complexity index is 1180. The maximum absolute atomic E-state index is 11.9. The van der Waals surface area contributed by atoms with Crippen LogP contribution in [0.2, 0.25) is 0 Å². The van der Waals surface area contributed by atoms with E-state index < -0.39 is 45.1 Å². The summed E-state index contributed by atoms with van der Waals surface area (Å²) in [6.07, 6.45) is -0.115. The quantitative estimate of drug-likeness (QED) is 0.540. The number of fused-ring (bicyclic) bond motifs is 1. The van der Waals surface area contributed by atoms with Crippen LogP contribution in [0.1, 0.15) is 37.9 Å². The van der Waals surface area contributed by atoms with Crippen molar-refractivity contribution < 1.29 is 23.9 Å². The summed E-state index contributed by atoms with van der Waals surface area (Å²) in [6, 6.07) is 8.37. The number of nitriles is 3. The fraction of sp³-hybridized carbons (Fsp3) is 0.524. The molecule has 0 aromatic heterocycles. The molecule has 2 bridgehead atoms. The van der Waals surface area contributed by atoms with Crippen LogP contribution in [0.4, 0.5) is 5.69 Å². The third kappa shape index (κ3) is 2.12. The molecule has 0 spiro atoms. The van der Waals surface area contributed by atoms with Crippen molar-refractivity contribution in [2.45, 2.75) is 38.1 Å². The first-order chi connectivity index (χ1) is 15.3. The van der Waals surface area contributed by atoms with E-state index in [1.165, 1.54) is 6.07 Å². The average molecular weight is 435 g/mol. The normalized spacial score (nSPS) is 35.6. The van der Waals surface area contributed by atoms with Gasteiger partial charge in [-0.05, 0) is 24.8 Å². The van der Waals surface area contributed by atoms with Crippen LogP contribution in [-0.2, 0) is 9.47 Å². The van der Waals surface area contributed by atoms with Crippen LogP contribution in [0.5, 0.6) is 11.5 Å². The van der Waals surface area contributed by atoms with Crippen LogP contribution in [-0.4, -0.2) is 23.4 Å². The highest BCUT2D eigenvalue weighted by Gasteiger charge is 2.81. The molecule has 0 amide bonds. The predicted octanol–water partition coefficient (Wildman–Crippen LogP) is 3.08. The molecular weight excluding hydrogens is 418 g/mol. The summed E-state index contributed by atoms with van der Waals surface area (Å²) in [5.41, 5.74) is -4.75. The molecule has 2 saturated heterocycles. The molecule has 162 valence electrons. The molecule has 32 heavy (non-hydrogen) atoms. The number of nitro benzene ring substituents is 1. The molecule has 3 heterocycles. The first-order valence-electron chi connectivity index (χ1n) is 10.1. The zero-order valence-electron chi connectivity index (χ0n) is 17.0. The van der Waals surface area contributed by atoms with Crippen LogP contribution in [0, 0.1) is 72.2 Å². The van der Waals surface area contributed by atoms with Gasteiger partial charge in [0.25, 0.3) is 5.69 Å². The van der Waals surface area contributed by atoms with Gasteiger partial charge in [0.15, 0.2) is 16.9 Å². The number of ether oxygens (including phenoxy) is 4. The minimum atomic E-state index is -2.26. The van der Waals surface area contributed by atoms with Crippen LogP contribution in [0.25, 0.3) is 0 Å². The molecule has 1 aliphatic carbocycles. The summed E-state index contributed by atoms with van der Waals surface area (Å²) in [6.45, 7) is 1.85. The molecule has 0 radical (unpaired) electrons. The predicted molar refractivity (Wildman–Crippen MR) is 103 cm³/mol. The van der Waals surface area contributed by atoms with E-state index >= 15 is 0 Å². The van der Waals surface area contributed by atoms with E-state index in [0.29, 0.717) is 19.3 Å². The maximum atomic E-state index is 11.9. The third-order valence-electron chi connectivity index (χ3n) is 7.17. The lowest BCUT2D eigenvalue weighted by atomic mass is 9.50. The van der Waals surface area contributed by atoms with Gasteiger partial charge in [0.1, 0.15) is 6.10 Å². The number of benzene rings is 1. The molecule has 3 fully saturated rings. The molecule has 1 aromatic carbocycles. The molecule has 11 heteroatoms. The Balaban J connectivity index is 1.80. The Morgan fingerprint density at radius 2 is 1.88 bits per heavy atom. The Kier molecular flexibility index (Phi) is 3.96. The van der Waals surface area contributed by atoms with Gasteiger partial charge in [-0.2, -0.15) is 15.8 Å². The molecule has 1 aromatic rings. The zero-order chi connectivity index (χ0) is 22.9. The van der Waals surface area contributed by atoms with Crippen LogP contribution in [0.15, 0.2) is 12.1 Å². The number of hydrogen-bond acceptors (Lipinski definition) is 10. The van der Waals surface area contributed by atoms with Crippen LogP contribution < -0.4 is 9.47 Å². The zero-order valence-corrected chi connectivity index (χ0v) is 17.0. The molecule has 1 N–H and O–H groups in total. The van der Waals surface area contributed by atoms with Crippen molar-refractivity contribution in [3.05, 3.63) is 27.8 Å². The van der Waals surface area contributed by atoms with Crippen LogP contribution >= 0.6 is 0 Å². The van der Waals surface area contributed by atoms with Gasteiger partial charge >= 0.3 is 0 Å². The molecule has 3 aliphatic heterocycles. The number of nitrogens with one attached hydrogen (secondary N) is 1. The lowest BCUT2D eigenvalue weighted by Gasteiger charge is -2.52. The SMILES string of the molecule is CC1CCC23OC(=N)C(C#N)(C2C1)C(C#N)(C#N)C(c1cc2c(cc1[N+](=O)[O-])OCO2)O3. The van der Waals surface area contributed by atoms with E-state index in [0.717, 1.165) is 6.07 Å². The van der Waals surface area contributed by atoms with Crippen molar-refractivity contribution in [1.82, 2.24) is 0 Å². The van der Waals surface area contributed by atoms with Gasteiger partial charge in [-0.25, -0.2) is 0 Å². The van der Waals surface area contributed by atoms with Crippen molar-refractivity contribution in [2.75, 3.05) is 6.79 Å². The van der Waals surface area contributed by atoms with Gasteiger partial charge in [0.2, 0.25) is 23.9 Å². The van der Waals surface area contributed by atoms with Gasteiger partial charge in [-0.3, -0.25) is 15.5 Å². The summed E-state index contributed by atoms with van der Waals surface area (Å²) < 4.78 is 22.7. The standard InChI is InChI=1S/C21H17N5O6/c1-11-2-3-21-16(4-11)20(9-24,18(25)32-21)19(7-22,8-23)17(31-21)12-5-14-15(30-10-29-14)6-13(12)26(27)28/h5-6,11,16-17,25H,2-4,10H2,1H3. The van der Waals surface area contributed by atoms with E-state index in [1.54, 1.807) is 0 Å². The van der Waals surface area contributed by atoms with E-state index in [4.69, 9.17) is 24.4 Å². The summed E-state index contributed by atoms with van der Waals surface area (Å²) in [4.78, 5) is 11.3. The molecule has 5 unspecified atom stereocenters. The van der Waals surface area contributed by atoms with Crippen LogP contribution in [0.3, 0.4) is 0 Å². The van der Waals surface area contributed by atoms with Gasteiger partial charge in [-0.1, -0.05) is 6.92 Å². The van der Waals surface area contributed by atoms with E-state index in [9.17, 15) is 25.9 Å². The van der Waals surface area contributed by atoms with E-state index in [1.807, 2.05) is 19.1 Å². The summed E-state index contributed by atoms with van der Waals surface area (Å²) in [7, 11) is 0. The third-order valence-corrected chi connectivity index (χ3v) is 7.17. The molecule has 11 nitrogen and oxygen atoms in total.